The van der Waals surface area contributed by atoms with Crippen LogP contribution in [0.4, 0.5) is 4.79 Å². The Balaban J connectivity index is 2.15. The Labute approximate surface area is 118 Å². The van der Waals surface area contributed by atoms with E-state index in [9.17, 15) is 14.4 Å². The zero-order valence-electron chi connectivity index (χ0n) is 11.9. The predicted molar refractivity (Wildman–Crippen MR) is 73.2 cm³/mol. The summed E-state index contributed by atoms with van der Waals surface area (Å²) >= 11 is 0. The van der Waals surface area contributed by atoms with Gasteiger partial charge < -0.3 is 21.1 Å². The fraction of sp³-hybridized carbons (Fsp3) is 0.769. The second-order valence-electron chi connectivity index (χ2n) is 5.42. The maximum atomic E-state index is 11.6. The Kier molecular flexibility index (Phi) is 6.27. The number of carbonyl (C=O) groups is 3. The summed E-state index contributed by atoms with van der Waals surface area (Å²) < 4.78 is 0. The van der Waals surface area contributed by atoms with Gasteiger partial charge >= 0.3 is 12.0 Å². The summed E-state index contributed by atoms with van der Waals surface area (Å²) in [5.41, 5.74) is 0. The highest BCUT2D eigenvalue weighted by atomic mass is 16.4. The molecule has 20 heavy (non-hydrogen) atoms. The molecule has 1 aliphatic rings. The average Bonchev–Trinajstić information content (AvgIpc) is 2.76. The molecule has 0 radical (unpaired) electrons. The van der Waals surface area contributed by atoms with Crippen molar-refractivity contribution in [3.05, 3.63) is 0 Å². The minimum atomic E-state index is -0.805. The first-order chi connectivity index (χ1) is 9.38. The van der Waals surface area contributed by atoms with Gasteiger partial charge in [-0.25, -0.2) is 4.79 Å². The molecule has 0 saturated heterocycles. The van der Waals surface area contributed by atoms with Gasteiger partial charge in [0.1, 0.15) is 0 Å². The van der Waals surface area contributed by atoms with Crippen molar-refractivity contribution >= 4 is 17.9 Å². The third-order valence-corrected chi connectivity index (χ3v) is 3.20. The highest BCUT2D eigenvalue weighted by Crippen LogP contribution is 2.25. The number of urea groups is 1. The standard InChI is InChI=1S/C13H23N3O4/c1-8(2)15-11(17)5-6-14-13(20)16-10-4-3-9(7-10)12(18)19/h8-10H,3-7H2,1-2H3,(H,15,17)(H,18,19)(H2,14,16,20)/t9-,10+/m1/s1. The molecule has 7 heteroatoms. The van der Waals surface area contributed by atoms with E-state index in [4.69, 9.17) is 5.11 Å². The van der Waals surface area contributed by atoms with Crippen molar-refractivity contribution in [3.63, 3.8) is 0 Å². The summed E-state index contributed by atoms with van der Waals surface area (Å²) in [6, 6.07) is -0.359. The fourth-order valence-corrected chi connectivity index (χ4v) is 2.26. The lowest BCUT2D eigenvalue weighted by Crippen LogP contribution is -2.42. The fourth-order valence-electron chi connectivity index (χ4n) is 2.26. The van der Waals surface area contributed by atoms with E-state index < -0.39 is 5.97 Å². The summed E-state index contributed by atoms with van der Waals surface area (Å²) in [7, 11) is 0. The minimum Gasteiger partial charge on any atom is -0.481 e. The van der Waals surface area contributed by atoms with Gasteiger partial charge in [0.15, 0.2) is 0 Å². The molecule has 0 bridgehead atoms. The quantitative estimate of drug-likeness (QED) is 0.568. The molecule has 0 heterocycles. The van der Waals surface area contributed by atoms with E-state index in [0.717, 1.165) is 0 Å². The summed E-state index contributed by atoms with van der Waals surface area (Å²) in [5.74, 6) is -1.27. The Hall–Kier alpha value is -1.79. The second-order valence-corrected chi connectivity index (χ2v) is 5.42. The predicted octanol–water partition coefficient (Wildman–Crippen LogP) is 0.454. The Morgan fingerprint density at radius 1 is 1.25 bits per heavy atom. The van der Waals surface area contributed by atoms with Crippen molar-refractivity contribution in [2.75, 3.05) is 6.54 Å². The third-order valence-electron chi connectivity index (χ3n) is 3.20. The first-order valence-corrected chi connectivity index (χ1v) is 6.95. The molecule has 1 rings (SSSR count). The van der Waals surface area contributed by atoms with Gasteiger partial charge in [0.2, 0.25) is 5.91 Å². The van der Waals surface area contributed by atoms with Gasteiger partial charge in [0.05, 0.1) is 5.92 Å². The highest BCUT2D eigenvalue weighted by Gasteiger charge is 2.30. The number of rotatable bonds is 6. The van der Waals surface area contributed by atoms with E-state index in [0.29, 0.717) is 19.3 Å². The number of nitrogens with one attached hydrogen (secondary N) is 3. The van der Waals surface area contributed by atoms with Gasteiger partial charge in [-0.05, 0) is 33.1 Å². The molecule has 1 aliphatic carbocycles. The number of carboxylic acids is 1. The van der Waals surface area contributed by atoms with Crippen molar-refractivity contribution in [3.8, 4) is 0 Å². The summed E-state index contributed by atoms with van der Waals surface area (Å²) in [6.45, 7) is 4.01. The molecule has 2 atom stereocenters. The van der Waals surface area contributed by atoms with Crippen LogP contribution in [-0.2, 0) is 9.59 Å². The normalized spacial score (nSPS) is 21.6. The van der Waals surface area contributed by atoms with E-state index in [-0.39, 0.29) is 42.9 Å². The number of hydrogen-bond donors (Lipinski definition) is 4. The number of hydrogen-bond acceptors (Lipinski definition) is 3. The van der Waals surface area contributed by atoms with Crippen molar-refractivity contribution in [1.29, 1.82) is 0 Å². The van der Waals surface area contributed by atoms with E-state index in [1.807, 2.05) is 13.8 Å². The van der Waals surface area contributed by atoms with Crippen LogP contribution < -0.4 is 16.0 Å². The summed E-state index contributed by atoms with van der Waals surface area (Å²) in [5, 5.41) is 16.9. The van der Waals surface area contributed by atoms with Crippen LogP contribution in [0.5, 0.6) is 0 Å². The van der Waals surface area contributed by atoms with Gasteiger partial charge in [-0.2, -0.15) is 0 Å². The van der Waals surface area contributed by atoms with Crippen molar-refractivity contribution in [1.82, 2.24) is 16.0 Å². The molecular formula is C13H23N3O4. The lowest BCUT2D eigenvalue weighted by atomic mass is 10.1. The third kappa shape index (κ3) is 5.90. The van der Waals surface area contributed by atoms with Crippen molar-refractivity contribution < 1.29 is 19.5 Å². The molecule has 0 aromatic rings. The lowest BCUT2D eigenvalue weighted by molar-refractivity contribution is -0.141. The molecule has 0 aliphatic heterocycles. The molecular weight excluding hydrogens is 262 g/mol. The van der Waals surface area contributed by atoms with Crippen LogP contribution in [-0.4, -0.2) is 41.6 Å². The number of aliphatic carboxylic acids is 1. The van der Waals surface area contributed by atoms with Gasteiger partial charge in [0.25, 0.3) is 0 Å². The molecule has 114 valence electrons. The maximum Gasteiger partial charge on any atom is 0.315 e. The van der Waals surface area contributed by atoms with Crippen LogP contribution in [0, 0.1) is 5.92 Å². The first-order valence-electron chi connectivity index (χ1n) is 6.95. The molecule has 0 spiro atoms. The molecule has 3 amide bonds. The van der Waals surface area contributed by atoms with Crippen molar-refractivity contribution in [2.45, 2.75) is 51.6 Å². The number of carbonyl (C=O) groups excluding carboxylic acids is 2. The monoisotopic (exact) mass is 285 g/mol. The number of carboxylic acid groups (broad SMARTS) is 1. The highest BCUT2D eigenvalue weighted by molar-refractivity contribution is 5.78. The van der Waals surface area contributed by atoms with E-state index in [2.05, 4.69) is 16.0 Å². The van der Waals surface area contributed by atoms with Gasteiger partial charge in [-0.1, -0.05) is 0 Å². The van der Waals surface area contributed by atoms with Gasteiger partial charge in [-0.15, -0.1) is 0 Å². The van der Waals surface area contributed by atoms with Crippen LogP contribution in [0.2, 0.25) is 0 Å². The van der Waals surface area contributed by atoms with Gasteiger partial charge in [-0.3, -0.25) is 9.59 Å². The first kappa shape index (κ1) is 16.3. The Morgan fingerprint density at radius 2 is 1.95 bits per heavy atom. The molecule has 0 aromatic heterocycles. The van der Waals surface area contributed by atoms with Crippen LogP contribution in [0.25, 0.3) is 0 Å². The summed E-state index contributed by atoms with van der Waals surface area (Å²) in [6.07, 6.45) is 1.97. The maximum absolute atomic E-state index is 11.6. The zero-order valence-corrected chi connectivity index (χ0v) is 11.9. The van der Waals surface area contributed by atoms with E-state index >= 15 is 0 Å². The topological polar surface area (TPSA) is 108 Å². The average molecular weight is 285 g/mol. The number of amides is 3. The van der Waals surface area contributed by atoms with Crippen molar-refractivity contribution in [2.24, 2.45) is 5.92 Å². The molecule has 0 aromatic carbocycles. The minimum absolute atomic E-state index is 0.0859. The molecule has 7 nitrogen and oxygen atoms in total. The molecule has 1 fully saturated rings. The molecule has 4 N–H and O–H groups in total. The van der Waals surface area contributed by atoms with Crippen LogP contribution in [0.15, 0.2) is 0 Å². The lowest BCUT2D eigenvalue weighted by Gasteiger charge is -2.13. The zero-order chi connectivity index (χ0) is 15.1. The van der Waals surface area contributed by atoms with E-state index in [1.54, 1.807) is 0 Å². The summed E-state index contributed by atoms with van der Waals surface area (Å²) in [4.78, 5) is 33.7. The second kappa shape index (κ2) is 7.72. The Bertz CT molecular complexity index is 371. The van der Waals surface area contributed by atoms with Crippen LogP contribution >= 0.6 is 0 Å². The smallest absolute Gasteiger partial charge is 0.315 e. The largest absolute Gasteiger partial charge is 0.481 e. The van der Waals surface area contributed by atoms with Gasteiger partial charge in [0, 0.05) is 25.0 Å². The van der Waals surface area contributed by atoms with Crippen LogP contribution in [0.3, 0.4) is 0 Å². The SMILES string of the molecule is CC(C)NC(=O)CCNC(=O)N[C@H]1CC[C@@H](C(=O)O)C1. The Morgan fingerprint density at radius 3 is 2.50 bits per heavy atom. The van der Waals surface area contributed by atoms with Crippen LogP contribution in [0.1, 0.15) is 39.5 Å². The molecule has 1 saturated carbocycles. The molecule has 0 unspecified atom stereocenters. The van der Waals surface area contributed by atoms with E-state index in [1.165, 1.54) is 0 Å².